The van der Waals surface area contributed by atoms with Crippen LogP contribution in [0.5, 0.6) is 0 Å². The summed E-state index contributed by atoms with van der Waals surface area (Å²) in [6.07, 6.45) is 0. The first-order valence-corrected chi connectivity index (χ1v) is 5.62. The molecule has 0 bridgehead atoms. The average Bonchev–Trinajstić information content (AvgIpc) is 2.83. The molecule has 0 saturated carbocycles. The Morgan fingerprint density at radius 1 is 1.42 bits per heavy atom. The molecule has 1 aliphatic rings. The molecule has 7 nitrogen and oxygen atoms in total. The van der Waals surface area contributed by atoms with Crippen molar-refractivity contribution in [2.75, 3.05) is 7.11 Å². The van der Waals surface area contributed by atoms with E-state index in [4.69, 9.17) is 0 Å². The molecule has 1 aliphatic heterocycles. The molecule has 1 amide bonds. The zero-order valence-electron chi connectivity index (χ0n) is 10.1. The lowest BCUT2D eigenvalue weighted by Crippen LogP contribution is -2.21. The van der Waals surface area contributed by atoms with Crippen molar-refractivity contribution in [1.29, 1.82) is 0 Å². The van der Waals surface area contributed by atoms with Gasteiger partial charge in [-0.3, -0.25) is 4.79 Å². The number of benzene rings is 1. The van der Waals surface area contributed by atoms with Gasteiger partial charge in [-0.15, -0.1) is 5.10 Å². The molecule has 1 aromatic carbocycles. The van der Waals surface area contributed by atoms with Gasteiger partial charge in [0.2, 0.25) is 0 Å². The summed E-state index contributed by atoms with van der Waals surface area (Å²) in [5, 5.41) is 6.81. The second-order valence-electron chi connectivity index (χ2n) is 3.95. The minimum absolute atomic E-state index is 0.0246. The van der Waals surface area contributed by atoms with Gasteiger partial charge >= 0.3 is 5.97 Å². The molecule has 0 aliphatic carbocycles. The maximum absolute atomic E-state index is 11.9. The van der Waals surface area contributed by atoms with Gasteiger partial charge in [0.25, 0.3) is 11.7 Å². The maximum atomic E-state index is 11.9. The molecule has 7 heteroatoms. The van der Waals surface area contributed by atoms with Gasteiger partial charge in [0.1, 0.15) is 0 Å². The van der Waals surface area contributed by atoms with E-state index in [1.54, 1.807) is 24.3 Å². The fourth-order valence-electron chi connectivity index (χ4n) is 1.93. The molecule has 1 N–H and O–H groups in total. The number of nitrogens with zero attached hydrogens (tertiary/aromatic N) is 3. The van der Waals surface area contributed by atoms with Crippen molar-refractivity contribution in [3.8, 4) is 5.69 Å². The molecule has 1 aromatic heterocycles. The van der Waals surface area contributed by atoms with Crippen molar-refractivity contribution >= 4 is 11.9 Å². The lowest BCUT2D eigenvalue weighted by molar-refractivity contribution is 0.0586. The van der Waals surface area contributed by atoms with Crippen molar-refractivity contribution in [3.63, 3.8) is 0 Å². The van der Waals surface area contributed by atoms with E-state index in [-0.39, 0.29) is 18.3 Å². The maximum Gasteiger partial charge on any atom is 0.377 e. The first kappa shape index (κ1) is 11.4. The third-order valence-corrected chi connectivity index (χ3v) is 2.83. The summed E-state index contributed by atoms with van der Waals surface area (Å²) < 4.78 is 6.08. The van der Waals surface area contributed by atoms with Crippen LogP contribution in [-0.4, -0.2) is 33.8 Å². The minimum Gasteiger partial charge on any atom is -0.463 e. The molecule has 2 heterocycles. The van der Waals surface area contributed by atoms with Gasteiger partial charge in [0.15, 0.2) is 5.82 Å². The number of hydrogen-bond acceptors (Lipinski definition) is 5. The van der Waals surface area contributed by atoms with Crippen molar-refractivity contribution in [2.45, 2.75) is 6.54 Å². The number of fused-ring (bicyclic) bond motifs is 3. The Morgan fingerprint density at radius 3 is 3.00 bits per heavy atom. The number of aromatic nitrogens is 3. The summed E-state index contributed by atoms with van der Waals surface area (Å²) in [5.74, 6) is -0.339. The van der Waals surface area contributed by atoms with Crippen LogP contribution < -0.4 is 5.32 Å². The monoisotopic (exact) mass is 258 g/mol. The summed E-state index contributed by atoms with van der Waals surface area (Å²) in [6, 6.07) is 7.00. The molecule has 0 radical (unpaired) electrons. The highest BCUT2D eigenvalue weighted by Crippen LogP contribution is 2.18. The molecule has 2 aromatic rings. The zero-order chi connectivity index (χ0) is 13.4. The number of rotatable bonds is 1. The van der Waals surface area contributed by atoms with Crippen LogP contribution in [0.15, 0.2) is 24.3 Å². The van der Waals surface area contributed by atoms with Crippen molar-refractivity contribution < 1.29 is 14.3 Å². The summed E-state index contributed by atoms with van der Waals surface area (Å²) >= 11 is 0. The Balaban J connectivity index is 2.19. The fraction of sp³-hybridized carbons (Fsp3) is 0.167. The van der Waals surface area contributed by atoms with Crippen LogP contribution >= 0.6 is 0 Å². The first-order valence-electron chi connectivity index (χ1n) is 5.62. The number of amides is 1. The molecular weight excluding hydrogens is 248 g/mol. The smallest absolute Gasteiger partial charge is 0.377 e. The van der Waals surface area contributed by atoms with Crippen LogP contribution in [-0.2, 0) is 11.3 Å². The van der Waals surface area contributed by atoms with Crippen molar-refractivity contribution in [3.05, 3.63) is 41.5 Å². The molecule has 0 saturated heterocycles. The van der Waals surface area contributed by atoms with E-state index >= 15 is 0 Å². The second kappa shape index (κ2) is 4.20. The third-order valence-electron chi connectivity index (χ3n) is 2.83. The van der Waals surface area contributed by atoms with Gasteiger partial charge in [0.05, 0.1) is 24.9 Å². The van der Waals surface area contributed by atoms with E-state index in [1.807, 2.05) is 0 Å². The quantitative estimate of drug-likeness (QED) is 0.743. The number of para-hydroxylation sites is 1. The van der Waals surface area contributed by atoms with Crippen LogP contribution in [0, 0.1) is 0 Å². The molecule has 19 heavy (non-hydrogen) atoms. The predicted octanol–water partition coefficient (Wildman–Crippen LogP) is 0.297. The molecule has 0 fully saturated rings. The van der Waals surface area contributed by atoms with Gasteiger partial charge in [-0.05, 0) is 12.1 Å². The summed E-state index contributed by atoms with van der Waals surface area (Å²) in [7, 11) is 1.27. The van der Waals surface area contributed by atoms with E-state index in [0.717, 1.165) is 0 Å². The van der Waals surface area contributed by atoms with E-state index in [0.29, 0.717) is 17.1 Å². The first-order chi connectivity index (χ1) is 9.20. The van der Waals surface area contributed by atoms with Crippen LogP contribution in [0.25, 0.3) is 5.69 Å². The number of hydrogen-bond donors (Lipinski definition) is 1. The van der Waals surface area contributed by atoms with E-state index in [9.17, 15) is 9.59 Å². The van der Waals surface area contributed by atoms with Crippen LogP contribution in [0.2, 0.25) is 0 Å². The van der Waals surface area contributed by atoms with Crippen LogP contribution in [0.1, 0.15) is 26.8 Å². The number of carbonyl (C=O) groups excluding carboxylic acids is 2. The molecule has 0 spiro atoms. The van der Waals surface area contributed by atoms with Crippen LogP contribution in [0.4, 0.5) is 0 Å². The number of methoxy groups -OCH3 is 1. The number of esters is 1. The highest BCUT2D eigenvalue weighted by molar-refractivity contribution is 5.98. The zero-order valence-corrected chi connectivity index (χ0v) is 10.1. The second-order valence-corrected chi connectivity index (χ2v) is 3.95. The standard InChI is InChI=1S/C12H10N4O3/c1-19-12(18)10-14-9-6-13-11(17)7-4-2-3-5-8(7)16(9)15-10/h2-5H,6H2,1H3,(H,13,17). The van der Waals surface area contributed by atoms with Crippen molar-refractivity contribution in [1.82, 2.24) is 20.1 Å². The Kier molecular flexibility index (Phi) is 2.52. The van der Waals surface area contributed by atoms with Gasteiger partial charge in [0, 0.05) is 0 Å². The van der Waals surface area contributed by atoms with Gasteiger partial charge in [-0.1, -0.05) is 12.1 Å². The third kappa shape index (κ3) is 1.75. The van der Waals surface area contributed by atoms with Crippen LogP contribution in [0.3, 0.4) is 0 Å². The van der Waals surface area contributed by atoms with E-state index in [2.05, 4.69) is 20.1 Å². The molecular formula is C12H10N4O3. The topological polar surface area (TPSA) is 86.1 Å². The largest absolute Gasteiger partial charge is 0.463 e. The summed E-state index contributed by atoms with van der Waals surface area (Å²) in [5.41, 5.74) is 1.08. The van der Waals surface area contributed by atoms with E-state index in [1.165, 1.54) is 11.8 Å². The van der Waals surface area contributed by atoms with Gasteiger partial charge < -0.3 is 10.1 Å². The normalized spacial score (nSPS) is 13.0. The number of carbonyl (C=O) groups is 2. The summed E-state index contributed by atoms with van der Waals surface area (Å²) in [6.45, 7) is 0.206. The number of ether oxygens (including phenoxy) is 1. The minimum atomic E-state index is -0.607. The lowest BCUT2D eigenvalue weighted by atomic mass is 10.2. The molecule has 0 atom stereocenters. The Bertz CT molecular complexity index is 677. The average molecular weight is 258 g/mol. The highest BCUT2D eigenvalue weighted by atomic mass is 16.5. The van der Waals surface area contributed by atoms with Crippen molar-refractivity contribution in [2.24, 2.45) is 0 Å². The Hall–Kier alpha value is -2.70. The molecule has 96 valence electrons. The lowest BCUT2D eigenvalue weighted by Gasteiger charge is -2.04. The predicted molar refractivity (Wildman–Crippen MR) is 63.9 cm³/mol. The summed E-state index contributed by atoms with van der Waals surface area (Å²) in [4.78, 5) is 27.4. The van der Waals surface area contributed by atoms with Gasteiger partial charge in [-0.25, -0.2) is 14.5 Å². The van der Waals surface area contributed by atoms with E-state index < -0.39 is 5.97 Å². The SMILES string of the molecule is COC(=O)c1nc2n(n1)-c1ccccc1C(=O)NC2. The number of nitrogens with one attached hydrogen (secondary N) is 1. The Labute approximate surface area is 108 Å². The van der Waals surface area contributed by atoms with Gasteiger partial charge in [-0.2, -0.15) is 0 Å². The molecule has 0 unspecified atom stereocenters. The fourth-order valence-corrected chi connectivity index (χ4v) is 1.93. The highest BCUT2D eigenvalue weighted by Gasteiger charge is 2.24. The molecule has 3 rings (SSSR count). The Morgan fingerprint density at radius 2 is 2.21 bits per heavy atom.